The Hall–Kier alpha value is -1.37. The zero-order valence-corrected chi connectivity index (χ0v) is 8.29. The van der Waals surface area contributed by atoms with Gasteiger partial charge in [-0.15, -0.1) is 0 Å². The first-order valence-electron chi connectivity index (χ1n) is 4.81. The molecule has 1 aliphatic rings. The van der Waals surface area contributed by atoms with E-state index >= 15 is 0 Å². The molecule has 7 heteroatoms. The topological polar surface area (TPSA) is 46.9 Å². The lowest BCUT2D eigenvalue weighted by molar-refractivity contribution is -0.141. The van der Waals surface area contributed by atoms with Crippen LogP contribution in [0.2, 0.25) is 0 Å². The maximum Gasteiger partial charge on any atom is 0.433 e. The zero-order valence-electron chi connectivity index (χ0n) is 8.29. The first-order chi connectivity index (χ1) is 7.47. The number of alkyl halides is 3. The second kappa shape index (κ2) is 3.89. The molecule has 0 radical (unpaired) electrons. The third-order valence-electron chi connectivity index (χ3n) is 2.49. The Morgan fingerprint density at radius 2 is 2.19 bits per heavy atom. The van der Waals surface area contributed by atoms with E-state index in [4.69, 9.17) is 0 Å². The van der Waals surface area contributed by atoms with E-state index in [1.165, 1.54) is 4.57 Å². The Bertz CT molecular complexity index is 436. The molecule has 1 fully saturated rings. The van der Waals surface area contributed by atoms with Crippen molar-refractivity contribution in [1.29, 1.82) is 0 Å². The minimum absolute atomic E-state index is 0.302. The van der Waals surface area contributed by atoms with Crippen LogP contribution >= 0.6 is 0 Å². The van der Waals surface area contributed by atoms with E-state index in [1.54, 1.807) is 0 Å². The predicted molar refractivity (Wildman–Crippen MR) is 49.9 cm³/mol. The van der Waals surface area contributed by atoms with Crippen LogP contribution in [0, 0.1) is 5.92 Å². The Kier molecular flexibility index (Phi) is 2.71. The predicted octanol–water partition coefficient (Wildman–Crippen LogP) is 0.481. The minimum Gasteiger partial charge on any atom is -0.316 e. The molecule has 1 aliphatic heterocycles. The standard InChI is InChI=1S/C9H10F3N3O/c10-9(11,12)7-1-8(16)15(5-14-7)4-6-2-13-3-6/h1,5-6,13H,2-4H2. The smallest absolute Gasteiger partial charge is 0.316 e. The van der Waals surface area contributed by atoms with Crippen molar-refractivity contribution in [2.75, 3.05) is 13.1 Å². The summed E-state index contributed by atoms with van der Waals surface area (Å²) >= 11 is 0. The van der Waals surface area contributed by atoms with Gasteiger partial charge in [0.25, 0.3) is 5.56 Å². The van der Waals surface area contributed by atoms with Crippen LogP contribution in [0.25, 0.3) is 0 Å². The second-order valence-electron chi connectivity index (χ2n) is 3.79. The molecule has 1 N–H and O–H groups in total. The summed E-state index contributed by atoms with van der Waals surface area (Å²) in [5.74, 6) is 0.302. The minimum atomic E-state index is -4.56. The maximum absolute atomic E-state index is 12.2. The van der Waals surface area contributed by atoms with Crippen LogP contribution in [-0.4, -0.2) is 22.6 Å². The fourth-order valence-corrected chi connectivity index (χ4v) is 1.47. The third-order valence-corrected chi connectivity index (χ3v) is 2.49. The van der Waals surface area contributed by atoms with Crippen molar-refractivity contribution in [1.82, 2.24) is 14.9 Å². The SMILES string of the molecule is O=c1cc(C(F)(F)F)ncn1CC1CNC1. The van der Waals surface area contributed by atoms with Crippen LogP contribution in [0.4, 0.5) is 13.2 Å². The van der Waals surface area contributed by atoms with E-state index in [1.807, 2.05) is 0 Å². The lowest BCUT2D eigenvalue weighted by Gasteiger charge is -2.27. The van der Waals surface area contributed by atoms with Crippen molar-refractivity contribution in [3.8, 4) is 0 Å². The fraction of sp³-hybridized carbons (Fsp3) is 0.556. The Labute approximate surface area is 89.1 Å². The van der Waals surface area contributed by atoms with Crippen molar-refractivity contribution in [3.05, 3.63) is 28.4 Å². The highest BCUT2D eigenvalue weighted by Crippen LogP contribution is 2.25. The van der Waals surface area contributed by atoms with E-state index in [0.717, 1.165) is 19.4 Å². The van der Waals surface area contributed by atoms with Crippen LogP contribution in [0.3, 0.4) is 0 Å². The summed E-state index contributed by atoms with van der Waals surface area (Å²) < 4.78 is 37.9. The van der Waals surface area contributed by atoms with Crippen molar-refractivity contribution in [2.24, 2.45) is 5.92 Å². The molecule has 0 unspecified atom stereocenters. The second-order valence-corrected chi connectivity index (χ2v) is 3.79. The van der Waals surface area contributed by atoms with Crippen molar-refractivity contribution in [3.63, 3.8) is 0 Å². The maximum atomic E-state index is 12.2. The van der Waals surface area contributed by atoms with Crippen LogP contribution in [0.15, 0.2) is 17.2 Å². The van der Waals surface area contributed by atoms with Gasteiger partial charge in [0.15, 0.2) is 5.69 Å². The fourth-order valence-electron chi connectivity index (χ4n) is 1.47. The Morgan fingerprint density at radius 3 is 2.62 bits per heavy atom. The van der Waals surface area contributed by atoms with E-state index < -0.39 is 17.4 Å². The zero-order chi connectivity index (χ0) is 11.8. The van der Waals surface area contributed by atoms with Crippen molar-refractivity contribution < 1.29 is 13.2 Å². The summed E-state index contributed by atoms with van der Waals surface area (Å²) in [6.07, 6.45) is -3.60. The average molecular weight is 233 g/mol. The van der Waals surface area contributed by atoms with Gasteiger partial charge in [-0.3, -0.25) is 9.36 Å². The number of aromatic nitrogens is 2. The van der Waals surface area contributed by atoms with Crippen molar-refractivity contribution in [2.45, 2.75) is 12.7 Å². The van der Waals surface area contributed by atoms with Crippen LogP contribution in [0.5, 0.6) is 0 Å². The number of hydrogen-bond acceptors (Lipinski definition) is 3. The number of nitrogens with one attached hydrogen (secondary N) is 1. The molecule has 88 valence electrons. The van der Waals surface area contributed by atoms with Gasteiger partial charge in [0.05, 0.1) is 6.33 Å². The van der Waals surface area contributed by atoms with Crippen LogP contribution in [0.1, 0.15) is 5.69 Å². The molecular formula is C9H10F3N3O. The highest BCUT2D eigenvalue weighted by Gasteiger charge is 2.33. The lowest BCUT2D eigenvalue weighted by Crippen LogP contribution is -2.45. The summed E-state index contributed by atoms with van der Waals surface area (Å²) in [6, 6.07) is 0.534. The summed E-state index contributed by atoms with van der Waals surface area (Å²) in [5, 5.41) is 3.02. The van der Waals surface area contributed by atoms with Gasteiger partial charge < -0.3 is 5.32 Å². The molecule has 0 bridgehead atoms. The molecule has 0 atom stereocenters. The molecule has 1 aromatic heterocycles. The molecule has 16 heavy (non-hydrogen) atoms. The quantitative estimate of drug-likeness (QED) is 0.808. The van der Waals surface area contributed by atoms with Gasteiger partial charge >= 0.3 is 6.18 Å². The summed E-state index contributed by atoms with van der Waals surface area (Å²) in [4.78, 5) is 14.6. The number of hydrogen-bond donors (Lipinski definition) is 1. The molecular weight excluding hydrogens is 223 g/mol. The molecule has 4 nitrogen and oxygen atoms in total. The van der Waals surface area contributed by atoms with Gasteiger partial charge in [0.2, 0.25) is 0 Å². The lowest BCUT2D eigenvalue weighted by atomic mass is 10.0. The molecule has 1 aromatic rings. The van der Waals surface area contributed by atoms with Crippen LogP contribution < -0.4 is 10.9 Å². The summed E-state index contributed by atoms with van der Waals surface area (Å²) in [7, 11) is 0. The largest absolute Gasteiger partial charge is 0.433 e. The summed E-state index contributed by atoms with van der Waals surface area (Å²) in [6.45, 7) is 1.98. The molecule has 0 aromatic carbocycles. The monoisotopic (exact) mass is 233 g/mol. The van der Waals surface area contributed by atoms with Crippen LogP contribution in [-0.2, 0) is 12.7 Å². The number of halogens is 3. The third kappa shape index (κ3) is 2.24. The van der Waals surface area contributed by atoms with E-state index in [2.05, 4.69) is 10.3 Å². The highest BCUT2D eigenvalue weighted by molar-refractivity contribution is 5.03. The molecule has 0 saturated carbocycles. The normalized spacial score (nSPS) is 17.2. The van der Waals surface area contributed by atoms with E-state index in [9.17, 15) is 18.0 Å². The molecule has 0 spiro atoms. The molecule has 2 rings (SSSR count). The average Bonchev–Trinajstić information content (AvgIpc) is 2.11. The van der Waals surface area contributed by atoms with Gasteiger partial charge in [-0.05, 0) is 0 Å². The van der Waals surface area contributed by atoms with E-state index in [-0.39, 0.29) is 0 Å². The molecule has 1 saturated heterocycles. The number of nitrogens with zero attached hydrogens (tertiary/aromatic N) is 2. The molecule has 2 heterocycles. The van der Waals surface area contributed by atoms with Crippen molar-refractivity contribution >= 4 is 0 Å². The van der Waals surface area contributed by atoms with Gasteiger partial charge in [-0.1, -0.05) is 0 Å². The summed E-state index contributed by atoms with van der Waals surface area (Å²) in [5.41, 5.74) is -1.80. The Balaban J connectivity index is 2.19. The molecule has 0 amide bonds. The highest BCUT2D eigenvalue weighted by atomic mass is 19.4. The van der Waals surface area contributed by atoms with Gasteiger partial charge in [0.1, 0.15) is 0 Å². The van der Waals surface area contributed by atoms with E-state index in [0.29, 0.717) is 18.5 Å². The van der Waals surface area contributed by atoms with Gasteiger partial charge in [0, 0.05) is 31.6 Å². The Morgan fingerprint density at radius 1 is 1.50 bits per heavy atom. The van der Waals surface area contributed by atoms with Gasteiger partial charge in [-0.25, -0.2) is 4.98 Å². The molecule has 0 aliphatic carbocycles. The first-order valence-corrected chi connectivity index (χ1v) is 4.81. The first kappa shape index (κ1) is 11.1. The number of rotatable bonds is 2. The van der Waals surface area contributed by atoms with Gasteiger partial charge in [-0.2, -0.15) is 13.2 Å².